The molecule has 3 aromatic rings. The molecule has 154 valence electrons. The fourth-order valence-corrected chi connectivity index (χ4v) is 3.30. The lowest BCUT2D eigenvalue weighted by Crippen LogP contribution is -2.24. The van der Waals surface area contributed by atoms with Gasteiger partial charge in [0.15, 0.2) is 6.61 Å². The summed E-state index contributed by atoms with van der Waals surface area (Å²) in [5, 5.41) is 2.78. The van der Waals surface area contributed by atoms with Gasteiger partial charge in [-0.25, -0.2) is 0 Å². The van der Waals surface area contributed by atoms with Crippen LogP contribution in [0.2, 0.25) is 0 Å². The second-order valence-corrected chi connectivity index (χ2v) is 7.34. The zero-order valence-corrected chi connectivity index (χ0v) is 17.4. The number of hydrogen-bond acceptors (Lipinski definition) is 3. The summed E-state index contributed by atoms with van der Waals surface area (Å²) in [6.07, 6.45) is 1.06. The van der Waals surface area contributed by atoms with E-state index in [4.69, 9.17) is 4.74 Å². The van der Waals surface area contributed by atoms with E-state index in [1.54, 1.807) is 0 Å². The molecule has 1 amide bonds. The molecule has 0 saturated carbocycles. The van der Waals surface area contributed by atoms with Crippen LogP contribution in [0.5, 0.6) is 0 Å². The van der Waals surface area contributed by atoms with Gasteiger partial charge in [-0.05, 0) is 41.2 Å². The number of hydrogen-bond donors (Lipinski definition) is 1. The van der Waals surface area contributed by atoms with E-state index in [2.05, 4.69) is 19.2 Å². The van der Waals surface area contributed by atoms with E-state index in [1.807, 2.05) is 84.9 Å². The minimum atomic E-state index is -0.574. The molecule has 0 radical (unpaired) electrons. The Kier molecular flexibility index (Phi) is 7.39. The van der Waals surface area contributed by atoms with Crippen molar-refractivity contribution in [3.63, 3.8) is 0 Å². The first-order chi connectivity index (χ1) is 14.6. The van der Waals surface area contributed by atoms with E-state index < -0.39 is 11.9 Å². The van der Waals surface area contributed by atoms with Gasteiger partial charge in [0.2, 0.25) is 0 Å². The standard InChI is InChI=1S/C26H27NO3/c1-3-19(2)20-14-16-23(17-15-20)27-24(28)18-30-26(29)25(21-10-6-4-7-11-21)22-12-8-5-9-13-22/h4-17,19,25H,3,18H2,1-2H3,(H,27,28)/t19-/m1/s1. The number of carbonyl (C=O) groups excluding carboxylic acids is 2. The van der Waals surface area contributed by atoms with E-state index in [-0.39, 0.29) is 12.5 Å². The summed E-state index contributed by atoms with van der Waals surface area (Å²) in [5.41, 5.74) is 3.57. The molecule has 0 bridgehead atoms. The number of benzene rings is 3. The van der Waals surface area contributed by atoms with Crippen LogP contribution in [0.15, 0.2) is 84.9 Å². The summed E-state index contributed by atoms with van der Waals surface area (Å²) in [7, 11) is 0. The van der Waals surface area contributed by atoms with Gasteiger partial charge in [-0.1, -0.05) is 86.6 Å². The quantitative estimate of drug-likeness (QED) is 0.506. The highest BCUT2D eigenvalue weighted by Gasteiger charge is 2.24. The molecule has 3 aromatic carbocycles. The summed E-state index contributed by atoms with van der Waals surface area (Å²) in [6.45, 7) is 3.98. The van der Waals surface area contributed by atoms with Crippen LogP contribution >= 0.6 is 0 Å². The molecule has 4 nitrogen and oxygen atoms in total. The number of ether oxygens (including phenoxy) is 1. The van der Waals surface area contributed by atoms with E-state index in [0.717, 1.165) is 17.5 Å². The van der Waals surface area contributed by atoms with Gasteiger partial charge in [0.25, 0.3) is 5.91 Å². The molecule has 0 heterocycles. The molecule has 0 aliphatic carbocycles. The highest BCUT2D eigenvalue weighted by molar-refractivity contribution is 5.93. The first-order valence-electron chi connectivity index (χ1n) is 10.2. The Bertz CT molecular complexity index is 913. The van der Waals surface area contributed by atoms with Gasteiger partial charge in [0, 0.05) is 5.69 Å². The van der Waals surface area contributed by atoms with Crippen molar-refractivity contribution in [2.75, 3.05) is 11.9 Å². The monoisotopic (exact) mass is 401 g/mol. The highest BCUT2D eigenvalue weighted by atomic mass is 16.5. The number of esters is 1. The van der Waals surface area contributed by atoms with Gasteiger partial charge in [-0.3, -0.25) is 9.59 Å². The molecule has 0 spiro atoms. The van der Waals surface area contributed by atoms with Crippen LogP contribution in [0.3, 0.4) is 0 Å². The molecule has 30 heavy (non-hydrogen) atoms. The molecule has 1 atom stereocenters. The van der Waals surface area contributed by atoms with Crippen LogP contribution < -0.4 is 5.32 Å². The molecule has 0 fully saturated rings. The number of anilines is 1. The summed E-state index contributed by atoms with van der Waals surface area (Å²) in [6, 6.07) is 26.6. The molecule has 0 aromatic heterocycles. The molecule has 0 saturated heterocycles. The topological polar surface area (TPSA) is 55.4 Å². The second-order valence-electron chi connectivity index (χ2n) is 7.34. The van der Waals surface area contributed by atoms with E-state index in [0.29, 0.717) is 11.6 Å². The van der Waals surface area contributed by atoms with Crippen LogP contribution in [0.1, 0.15) is 48.8 Å². The minimum Gasteiger partial charge on any atom is -0.455 e. The van der Waals surface area contributed by atoms with Gasteiger partial charge in [-0.2, -0.15) is 0 Å². The van der Waals surface area contributed by atoms with E-state index in [9.17, 15) is 9.59 Å². The smallest absolute Gasteiger partial charge is 0.318 e. The van der Waals surface area contributed by atoms with Crippen molar-refractivity contribution in [1.29, 1.82) is 0 Å². The zero-order chi connectivity index (χ0) is 21.3. The third-order valence-corrected chi connectivity index (χ3v) is 5.22. The Morgan fingerprint density at radius 2 is 1.33 bits per heavy atom. The zero-order valence-electron chi connectivity index (χ0n) is 17.4. The normalized spacial score (nSPS) is 11.7. The lowest BCUT2D eigenvalue weighted by Gasteiger charge is -2.17. The summed E-state index contributed by atoms with van der Waals surface area (Å²) >= 11 is 0. The molecule has 3 rings (SSSR count). The van der Waals surface area contributed by atoms with Crippen molar-refractivity contribution in [2.24, 2.45) is 0 Å². The van der Waals surface area contributed by atoms with Crippen molar-refractivity contribution in [2.45, 2.75) is 32.1 Å². The average molecular weight is 402 g/mol. The summed E-state index contributed by atoms with van der Waals surface area (Å²) in [5.74, 6) is -0.909. The molecule has 0 unspecified atom stereocenters. The number of carbonyl (C=O) groups is 2. The summed E-state index contributed by atoms with van der Waals surface area (Å²) < 4.78 is 5.38. The average Bonchev–Trinajstić information content (AvgIpc) is 2.79. The lowest BCUT2D eigenvalue weighted by atomic mass is 9.91. The van der Waals surface area contributed by atoms with Crippen molar-refractivity contribution in [1.82, 2.24) is 0 Å². The van der Waals surface area contributed by atoms with Crippen LogP contribution in [0.4, 0.5) is 5.69 Å². The van der Waals surface area contributed by atoms with Crippen molar-refractivity contribution in [3.05, 3.63) is 102 Å². The van der Waals surface area contributed by atoms with Gasteiger partial charge in [-0.15, -0.1) is 0 Å². The van der Waals surface area contributed by atoms with E-state index >= 15 is 0 Å². The van der Waals surface area contributed by atoms with Gasteiger partial charge >= 0.3 is 5.97 Å². The van der Waals surface area contributed by atoms with Crippen molar-refractivity contribution >= 4 is 17.6 Å². The third kappa shape index (κ3) is 5.57. The molecule has 0 aliphatic heterocycles. The predicted molar refractivity (Wildman–Crippen MR) is 119 cm³/mol. The predicted octanol–water partition coefficient (Wildman–Crippen LogP) is 5.51. The maximum Gasteiger partial charge on any atom is 0.318 e. The maximum absolute atomic E-state index is 12.9. The van der Waals surface area contributed by atoms with E-state index in [1.165, 1.54) is 5.56 Å². The Morgan fingerprint density at radius 1 is 0.800 bits per heavy atom. The first kappa shape index (κ1) is 21.3. The fourth-order valence-electron chi connectivity index (χ4n) is 3.30. The van der Waals surface area contributed by atoms with Crippen molar-refractivity contribution < 1.29 is 14.3 Å². The molecule has 0 aliphatic rings. The number of amides is 1. The molecule has 4 heteroatoms. The van der Waals surface area contributed by atoms with Gasteiger partial charge in [0.05, 0.1) is 0 Å². The van der Waals surface area contributed by atoms with Crippen LogP contribution in [0.25, 0.3) is 0 Å². The summed E-state index contributed by atoms with van der Waals surface area (Å²) in [4.78, 5) is 25.2. The Hall–Kier alpha value is -3.40. The first-order valence-corrected chi connectivity index (χ1v) is 10.2. The van der Waals surface area contributed by atoms with Crippen molar-refractivity contribution in [3.8, 4) is 0 Å². The third-order valence-electron chi connectivity index (χ3n) is 5.22. The Labute approximate surface area is 177 Å². The lowest BCUT2D eigenvalue weighted by molar-refractivity contribution is -0.147. The van der Waals surface area contributed by atoms with Gasteiger partial charge in [0.1, 0.15) is 5.92 Å². The van der Waals surface area contributed by atoms with Crippen LogP contribution in [-0.2, 0) is 14.3 Å². The largest absolute Gasteiger partial charge is 0.455 e. The Balaban J connectivity index is 1.63. The van der Waals surface area contributed by atoms with Gasteiger partial charge < -0.3 is 10.1 Å². The van der Waals surface area contributed by atoms with Crippen LogP contribution in [0, 0.1) is 0 Å². The minimum absolute atomic E-state index is 0.331. The molecular weight excluding hydrogens is 374 g/mol. The number of nitrogens with one attached hydrogen (secondary N) is 1. The maximum atomic E-state index is 12.9. The number of rotatable bonds is 8. The van der Waals surface area contributed by atoms with Crippen LogP contribution in [-0.4, -0.2) is 18.5 Å². The molecule has 1 N–H and O–H groups in total. The second kappa shape index (κ2) is 10.4. The fraction of sp³-hybridized carbons (Fsp3) is 0.231. The SMILES string of the molecule is CC[C@@H](C)c1ccc(NC(=O)COC(=O)C(c2ccccc2)c2ccccc2)cc1. The Morgan fingerprint density at radius 3 is 1.83 bits per heavy atom. The highest BCUT2D eigenvalue weighted by Crippen LogP contribution is 2.26. The molecular formula is C26H27NO3.